The first kappa shape index (κ1) is 7.92. The Morgan fingerprint density at radius 3 is 2.69 bits per heavy atom. The molecule has 2 nitrogen and oxygen atoms in total. The summed E-state index contributed by atoms with van der Waals surface area (Å²) in [5.41, 5.74) is 9.99. The summed E-state index contributed by atoms with van der Waals surface area (Å²) in [5, 5.41) is 0. The average molecular weight is 172 g/mol. The van der Waals surface area contributed by atoms with Gasteiger partial charge < -0.3 is 10.7 Å². The van der Waals surface area contributed by atoms with Gasteiger partial charge in [0.15, 0.2) is 0 Å². The fraction of sp³-hybridized carbons (Fsp3) is 0.0909. The number of nitrogens with one attached hydrogen (secondary N) is 1. The molecule has 2 aromatic rings. The molecule has 3 N–H and O–H groups in total. The van der Waals surface area contributed by atoms with Crippen LogP contribution in [0.3, 0.4) is 0 Å². The number of hydrogen-bond donors (Lipinski definition) is 2. The third-order valence-corrected chi connectivity index (χ3v) is 2.01. The van der Waals surface area contributed by atoms with Crippen LogP contribution in [0.4, 0.5) is 5.69 Å². The third-order valence-electron chi connectivity index (χ3n) is 2.01. The van der Waals surface area contributed by atoms with E-state index in [0.717, 1.165) is 16.9 Å². The normalized spacial score (nSPS) is 10.2. The minimum absolute atomic E-state index is 0.810. The first-order chi connectivity index (χ1) is 6.25. The predicted octanol–water partition coefficient (Wildman–Crippen LogP) is 2.57. The maximum Gasteiger partial charge on any atom is 0.0454 e. The van der Waals surface area contributed by atoms with Crippen molar-refractivity contribution in [2.45, 2.75) is 6.92 Å². The first-order valence-corrected chi connectivity index (χ1v) is 4.26. The van der Waals surface area contributed by atoms with Gasteiger partial charge in [-0.05, 0) is 42.8 Å². The molecule has 0 saturated heterocycles. The number of aromatic amines is 1. The van der Waals surface area contributed by atoms with Crippen molar-refractivity contribution < 1.29 is 0 Å². The number of nitrogen functional groups attached to an aromatic ring is 1. The standard InChI is InChI=1S/C11H12N2/c1-8-5-9(7-10(12)6-8)11-3-2-4-13-11/h2-7,13H,12H2,1H3. The summed E-state index contributed by atoms with van der Waals surface area (Å²) in [6.45, 7) is 2.04. The van der Waals surface area contributed by atoms with Crippen molar-refractivity contribution in [2.24, 2.45) is 0 Å². The summed E-state index contributed by atoms with van der Waals surface area (Å²) >= 11 is 0. The van der Waals surface area contributed by atoms with Crippen molar-refractivity contribution in [3.63, 3.8) is 0 Å². The lowest BCUT2D eigenvalue weighted by atomic mass is 10.1. The number of rotatable bonds is 1. The molecule has 0 unspecified atom stereocenters. The van der Waals surface area contributed by atoms with Crippen LogP contribution in [-0.4, -0.2) is 4.98 Å². The van der Waals surface area contributed by atoms with E-state index in [1.807, 2.05) is 37.4 Å². The average Bonchev–Trinajstić information content (AvgIpc) is 2.53. The fourth-order valence-electron chi connectivity index (χ4n) is 1.48. The smallest absolute Gasteiger partial charge is 0.0454 e. The van der Waals surface area contributed by atoms with E-state index in [1.54, 1.807) is 0 Å². The highest BCUT2D eigenvalue weighted by molar-refractivity contribution is 5.65. The number of aryl methyl sites for hydroxylation is 1. The van der Waals surface area contributed by atoms with Gasteiger partial charge in [-0.15, -0.1) is 0 Å². The summed E-state index contributed by atoms with van der Waals surface area (Å²) in [4.78, 5) is 3.15. The van der Waals surface area contributed by atoms with Crippen LogP contribution in [0.25, 0.3) is 11.3 Å². The Bertz CT molecular complexity index is 382. The van der Waals surface area contributed by atoms with E-state index in [9.17, 15) is 0 Å². The first-order valence-electron chi connectivity index (χ1n) is 4.26. The summed E-state index contributed by atoms with van der Waals surface area (Å²) in [5.74, 6) is 0. The topological polar surface area (TPSA) is 41.8 Å². The Balaban J connectivity index is 2.53. The van der Waals surface area contributed by atoms with Gasteiger partial charge in [0.2, 0.25) is 0 Å². The van der Waals surface area contributed by atoms with Gasteiger partial charge in [0.1, 0.15) is 0 Å². The van der Waals surface area contributed by atoms with E-state index >= 15 is 0 Å². The van der Waals surface area contributed by atoms with Gasteiger partial charge in [0.05, 0.1) is 0 Å². The second-order valence-corrected chi connectivity index (χ2v) is 3.22. The van der Waals surface area contributed by atoms with Crippen molar-refractivity contribution in [1.29, 1.82) is 0 Å². The summed E-state index contributed by atoms with van der Waals surface area (Å²) in [7, 11) is 0. The van der Waals surface area contributed by atoms with Crippen molar-refractivity contribution in [2.75, 3.05) is 5.73 Å². The number of nitrogens with two attached hydrogens (primary N) is 1. The molecule has 0 aliphatic heterocycles. The zero-order chi connectivity index (χ0) is 9.26. The zero-order valence-electron chi connectivity index (χ0n) is 7.54. The van der Waals surface area contributed by atoms with Crippen molar-refractivity contribution in [1.82, 2.24) is 4.98 Å². The summed E-state index contributed by atoms with van der Waals surface area (Å²) < 4.78 is 0. The highest BCUT2D eigenvalue weighted by Gasteiger charge is 1.99. The molecule has 0 spiro atoms. The van der Waals surface area contributed by atoms with Gasteiger partial charge in [-0.2, -0.15) is 0 Å². The second kappa shape index (κ2) is 2.98. The van der Waals surface area contributed by atoms with E-state index in [0.29, 0.717) is 0 Å². The Kier molecular flexibility index (Phi) is 1.81. The van der Waals surface area contributed by atoms with Crippen LogP contribution in [0.1, 0.15) is 5.56 Å². The monoisotopic (exact) mass is 172 g/mol. The maximum atomic E-state index is 5.75. The van der Waals surface area contributed by atoms with Crippen LogP contribution in [0.2, 0.25) is 0 Å². The SMILES string of the molecule is Cc1cc(N)cc(-c2ccc[nH]2)c1. The van der Waals surface area contributed by atoms with E-state index in [2.05, 4.69) is 11.1 Å². The van der Waals surface area contributed by atoms with Crippen LogP contribution >= 0.6 is 0 Å². The quantitative estimate of drug-likeness (QED) is 0.638. The van der Waals surface area contributed by atoms with Crippen molar-refractivity contribution in [3.8, 4) is 11.3 Å². The molecule has 1 aromatic carbocycles. The molecule has 0 fully saturated rings. The molecule has 2 rings (SSSR count). The molecule has 0 atom stereocenters. The lowest BCUT2D eigenvalue weighted by Crippen LogP contribution is -1.87. The van der Waals surface area contributed by atoms with Gasteiger partial charge >= 0.3 is 0 Å². The summed E-state index contributed by atoms with van der Waals surface area (Å²) in [6, 6.07) is 10.1. The van der Waals surface area contributed by atoms with Crippen LogP contribution in [0, 0.1) is 6.92 Å². The van der Waals surface area contributed by atoms with Crippen LogP contribution in [0.15, 0.2) is 36.5 Å². The fourth-order valence-corrected chi connectivity index (χ4v) is 1.48. The number of H-pyrrole nitrogens is 1. The molecule has 0 bridgehead atoms. The highest BCUT2D eigenvalue weighted by atomic mass is 14.7. The second-order valence-electron chi connectivity index (χ2n) is 3.22. The Hall–Kier alpha value is -1.70. The molecule has 66 valence electrons. The van der Waals surface area contributed by atoms with E-state index in [-0.39, 0.29) is 0 Å². The van der Waals surface area contributed by atoms with Crippen molar-refractivity contribution in [3.05, 3.63) is 42.1 Å². The minimum Gasteiger partial charge on any atom is -0.399 e. The van der Waals surface area contributed by atoms with Crippen LogP contribution in [0.5, 0.6) is 0 Å². The van der Waals surface area contributed by atoms with E-state index in [4.69, 9.17) is 5.73 Å². The molecule has 0 radical (unpaired) electrons. The molecule has 2 heteroatoms. The molecule has 0 aliphatic carbocycles. The Labute approximate surface area is 77.4 Å². The molecule has 1 aromatic heterocycles. The minimum atomic E-state index is 0.810. The molecule has 13 heavy (non-hydrogen) atoms. The molecule has 0 saturated carbocycles. The van der Waals surface area contributed by atoms with Gasteiger partial charge in [-0.1, -0.05) is 0 Å². The third kappa shape index (κ3) is 1.56. The number of hydrogen-bond acceptors (Lipinski definition) is 1. The predicted molar refractivity (Wildman–Crippen MR) is 55.4 cm³/mol. The lowest BCUT2D eigenvalue weighted by Gasteiger charge is -2.02. The number of anilines is 1. The molecule has 1 heterocycles. The van der Waals surface area contributed by atoms with Gasteiger partial charge in [-0.3, -0.25) is 0 Å². The Morgan fingerprint density at radius 2 is 2.08 bits per heavy atom. The molecular formula is C11H12N2. The van der Waals surface area contributed by atoms with E-state index in [1.165, 1.54) is 5.56 Å². The lowest BCUT2D eigenvalue weighted by molar-refractivity contribution is 1.38. The van der Waals surface area contributed by atoms with Crippen LogP contribution < -0.4 is 5.73 Å². The zero-order valence-corrected chi connectivity index (χ0v) is 7.54. The molecular weight excluding hydrogens is 160 g/mol. The number of benzene rings is 1. The van der Waals surface area contributed by atoms with Gasteiger partial charge in [-0.25, -0.2) is 0 Å². The molecule has 0 aliphatic rings. The number of aromatic nitrogens is 1. The van der Waals surface area contributed by atoms with Gasteiger partial charge in [0, 0.05) is 23.1 Å². The summed E-state index contributed by atoms with van der Waals surface area (Å²) in [6.07, 6.45) is 1.91. The molecule has 0 amide bonds. The highest BCUT2D eigenvalue weighted by Crippen LogP contribution is 2.21. The van der Waals surface area contributed by atoms with E-state index < -0.39 is 0 Å². The van der Waals surface area contributed by atoms with Crippen LogP contribution in [-0.2, 0) is 0 Å². The maximum absolute atomic E-state index is 5.75. The Morgan fingerprint density at radius 1 is 1.23 bits per heavy atom. The van der Waals surface area contributed by atoms with Gasteiger partial charge in [0.25, 0.3) is 0 Å². The van der Waals surface area contributed by atoms with Crippen molar-refractivity contribution >= 4 is 5.69 Å². The largest absolute Gasteiger partial charge is 0.399 e.